The molecule has 11 heteroatoms. The van der Waals surface area contributed by atoms with Crippen molar-refractivity contribution in [3.05, 3.63) is 36.4 Å². The van der Waals surface area contributed by atoms with Gasteiger partial charge in [-0.25, -0.2) is 16.8 Å². The first-order chi connectivity index (χ1) is 14.2. The number of hydrogen-bond acceptors (Lipinski definition) is 7. The number of fused-ring (bicyclic) bond motifs is 1. The van der Waals surface area contributed by atoms with Crippen molar-refractivity contribution in [2.45, 2.75) is 23.6 Å². The molecule has 0 unspecified atom stereocenters. The van der Waals surface area contributed by atoms with Gasteiger partial charge in [-0.15, -0.1) is 0 Å². The molecule has 0 spiro atoms. The van der Waals surface area contributed by atoms with Crippen LogP contribution in [0.3, 0.4) is 0 Å². The summed E-state index contributed by atoms with van der Waals surface area (Å²) in [6.07, 6.45) is 0. The van der Waals surface area contributed by atoms with Crippen molar-refractivity contribution in [2.24, 2.45) is 0 Å². The number of rotatable bonds is 8. The SMILES string of the molecule is CCN(CC)S(=O)(=O)c1ccc(OC)c(NS(=O)(=O)c2ccc3c(c2)OCCO3)c1. The fourth-order valence-corrected chi connectivity index (χ4v) is 5.60. The summed E-state index contributed by atoms with van der Waals surface area (Å²) in [5.74, 6) is 0.980. The second-order valence-electron chi connectivity index (χ2n) is 6.36. The standard InChI is InChI=1S/C19H24N2O7S2/c1-4-21(5-2)30(24,25)15-7-8-17(26-3)16(12-15)20-29(22,23)14-6-9-18-19(13-14)28-11-10-27-18/h6-9,12-13,20H,4-5,10-11H2,1-3H3. The maximum Gasteiger partial charge on any atom is 0.262 e. The van der Waals surface area contributed by atoms with Crippen molar-refractivity contribution >= 4 is 25.7 Å². The van der Waals surface area contributed by atoms with Crippen molar-refractivity contribution < 1.29 is 31.0 Å². The molecule has 0 atom stereocenters. The van der Waals surface area contributed by atoms with Crippen LogP contribution in [0.15, 0.2) is 46.2 Å². The highest BCUT2D eigenvalue weighted by Gasteiger charge is 2.25. The first-order valence-electron chi connectivity index (χ1n) is 9.33. The molecule has 0 bridgehead atoms. The van der Waals surface area contributed by atoms with Gasteiger partial charge in [-0.3, -0.25) is 4.72 Å². The van der Waals surface area contributed by atoms with Crippen LogP contribution >= 0.6 is 0 Å². The number of nitrogens with zero attached hydrogens (tertiary/aromatic N) is 1. The Bertz CT molecular complexity index is 1130. The van der Waals surface area contributed by atoms with Crippen LogP contribution in [0, 0.1) is 0 Å². The van der Waals surface area contributed by atoms with E-state index in [-0.39, 0.29) is 21.2 Å². The Morgan fingerprint density at radius 1 is 0.933 bits per heavy atom. The average molecular weight is 457 g/mol. The summed E-state index contributed by atoms with van der Waals surface area (Å²) in [5.41, 5.74) is 0.0145. The molecule has 2 aromatic carbocycles. The van der Waals surface area contributed by atoms with Crippen LogP contribution in [0.1, 0.15) is 13.8 Å². The minimum absolute atomic E-state index is 0.0145. The van der Waals surface area contributed by atoms with E-state index in [0.29, 0.717) is 37.8 Å². The second-order valence-corrected chi connectivity index (χ2v) is 9.98. The third kappa shape index (κ3) is 4.32. The third-order valence-corrected chi connectivity index (χ3v) is 7.99. The van der Waals surface area contributed by atoms with Crippen LogP contribution in [-0.2, 0) is 20.0 Å². The monoisotopic (exact) mass is 456 g/mol. The molecule has 1 N–H and O–H groups in total. The largest absolute Gasteiger partial charge is 0.495 e. The van der Waals surface area contributed by atoms with Crippen LogP contribution in [0.25, 0.3) is 0 Å². The van der Waals surface area contributed by atoms with Crippen LogP contribution < -0.4 is 18.9 Å². The van der Waals surface area contributed by atoms with Crippen molar-refractivity contribution in [2.75, 3.05) is 38.1 Å². The molecule has 0 fully saturated rings. The molecule has 1 heterocycles. The van der Waals surface area contributed by atoms with Gasteiger partial charge in [-0.05, 0) is 30.3 Å². The van der Waals surface area contributed by atoms with Crippen molar-refractivity contribution in [3.63, 3.8) is 0 Å². The third-order valence-electron chi connectivity index (χ3n) is 4.58. The molecule has 164 valence electrons. The van der Waals surface area contributed by atoms with Crippen LogP contribution in [0.4, 0.5) is 5.69 Å². The maximum absolute atomic E-state index is 12.9. The highest BCUT2D eigenvalue weighted by molar-refractivity contribution is 7.92. The number of ether oxygens (including phenoxy) is 3. The van der Waals surface area contributed by atoms with Crippen LogP contribution in [0.5, 0.6) is 17.2 Å². The fourth-order valence-electron chi connectivity index (χ4n) is 3.03. The molecule has 0 aromatic heterocycles. The van der Waals surface area contributed by atoms with Gasteiger partial charge in [0, 0.05) is 19.2 Å². The van der Waals surface area contributed by atoms with E-state index in [1.165, 1.54) is 47.8 Å². The maximum atomic E-state index is 12.9. The number of nitrogens with one attached hydrogen (secondary N) is 1. The van der Waals surface area contributed by atoms with Gasteiger partial charge < -0.3 is 14.2 Å². The Kier molecular flexibility index (Phi) is 6.44. The van der Waals surface area contributed by atoms with Gasteiger partial charge in [0.05, 0.1) is 22.6 Å². The lowest BCUT2D eigenvalue weighted by atomic mass is 10.3. The van der Waals surface area contributed by atoms with Gasteiger partial charge in [0.15, 0.2) is 11.5 Å². The zero-order chi connectivity index (χ0) is 21.9. The van der Waals surface area contributed by atoms with Gasteiger partial charge in [0.25, 0.3) is 10.0 Å². The predicted molar refractivity (Wildman–Crippen MR) is 111 cm³/mol. The van der Waals surface area contributed by atoms with Gasteiger partial charge in [-0.1, -0.05) is 13.8 Å². The molecule has 9 nitrogen and oxygen atoms in total. The van der Waals surface area contributed by atoms with Gasteiger partial charge >= 0.3 is 0 Å². The smallest absolute Gasteiger partial charge is 0.262 e. The Morgan fingerprint density at radius 2 is 1.57 bits per heavy atom. The summed E-state index contributed by atoms with van der Waals surface area (Å²) in [6.45, 7) is 4.77. The van der Waals surface area contributed by atoms with Gasteiger partial charge in [0.1, 0.15) is 19.0 Å². The van der Waals surface area contributed by atoms with E-state index in [0.717, 1.165) is 0 Å². The number of anilines is 1. The summed E-state index contributed by atoms with van der Waals surface area (Å²) in [6, 6.07) is 8.31. The topological polar surface area (TPSA) is 111 Å². The Hall–Kier alpha value is -2.50. The van der Waals surface area contributed by atoms with E-state index in [1.807, 2.05) is 0 Å². The lowest BCUT2D eigenvalue weighted by molar-refractivity contribution is 0.171. The lowest BCUT2D eigenvalue weighted by Gasteiger charge is -2.20. The van der Waals surface area contributed by atoms with Crippen molar-refractivity contribution in [1.82, 2.24) is 4.31 Å². The lowest BCUT2D eigenvalue weighted by Crippen LogP contribution is -2.30. The number of hydrogen-bond donors (Lipinski definition) is 1. The Morgan fingerprint density at radius 3 is 2.20 bits per heavy atom. The highest BCUT2D eigenvalue weighted by Crippen LogP contribution is 2.34. The quantitative estimate of drug-likeness (QED) is 0.649. The molecule has 0 amide bonds. The fraction of sp³-hybridized carbons (Fsp3) is 0.368. The molecule has 1 aliphatic rings. The van der Waals surface area contributed by atoms with E-state index in [1.54, 1.807) is 13.8 Å². The minimum atomic E-state index is -4.05. The normalized spacial score (nSPS) is 13.9. The summed E-state index contributed by atoms with van der Waals surface area (Å²) < 4.78 is 71.3. The molecule has 1 aliphatic heterocycles. The molecule has 3 rings (SSSR count). The number of methoxy groups -OCH3 is 1. The van der Waals surface area contributed by atoms with Gasteiger partial charge in [0.2, 0.25) is 10.0 Å². The molecular formula is C19H24N2O7S2. The van der Waals surface area contributed by atoms with Crippen LogP contribution in [-0.4, -0.2) is 54.6 Å². The van der Waals surface area contributed by atoms with Crippen molar-refractivity contribution in [3.8, 4) is 17.2 Å². The van der Waals surface area contributed by atoms with Crippen LogP contribution in [0.2, 0.25) is 0 Å². The first-order valence-corrected chi connectivity index (χ1v) is 12.3. The molecule has 2 aromatic rings. The summed E-state index contributed by atoms with van der Waals surface area (Å²) >= 11 is 0. The minimum Gasteiger partial charge on any atom is -0.495 e. The van der Waals surface area contributed by atoms with Gasteiger partial charge in [-0.2, -0.15) is 4.31 Å². The molecule has 0 saturated carbocycles. The second kappa shape index (κ2) is 8.70. The Balaban J connectivity index is 1.99. The highest BCUT2D eigenvalue weighted by atomic mass is 32.2. The number of benzene rings is 2. The predicted octanol–water partition coefficient (Wildman–Crippen LogP) is 2.30. The Labute approximate surface area is 176 Å². The van der Waals surface area contributed by atoms with Crippen molar-refractivity contribution in [1.29, 1.82) is 0 Å². The zero-order valence-electron chi connectivity index (χ0n) is 16.9. The van der Waals surface area contributed by atoms with E-state index < -0.39 is 20.0 Å². The molecular weight excluding hydrogens is 432 g/mol. The van der Waals surface area contributed by atoms with E-state index in [4.69, 9.17) is 14.2 Å². The molecule has 0 saturated heterocycles. The van der Waals surface area contributed by atoms with E-state index in [2.05, 4.69) is 4.72 Å². The number of sulfonamides is 2. The summed E-state index contributed by atoms with van der Waals surface area (Å²) in [7, 11) is -6.45. The van der Waals surface area contributed by atoms with E-state index in [9.17, 15) is 16.8 Å². The first kappa shape index (κ1) is 22.2. The summed E-state index contributed by atoms with van der Waals surface area (Å²) in [5, 5.41) is 0. The van der Waals surface area contributed by atoms with E-state index >= 15 is 0 Å². The zero-order valence-corrected chi connectivity index (χ0v) is 18.5. The molecule has 0 aliphatic carbocycles. The molecule has 30 heavy (non-hydrogen) atoms. The summed E-state index contributed by atoms with van der Waals surface area (Å²) in [4.78, 5) is -0.0855. The average Bonchev–Trinajstić information content (AvgIpc) is 2.73. The molecule has 0 radical (unpaired) electrons.